The fourth-order valence-electron chi connectivity index (χ4n) is 2.04. The van der Waals surface area contributed by atoms with Gasteiger partial charge in [0.1, 0.15) is 5.76 Å². The minimum absolute atomic E-state index is 0.216. The third kappa shape index (κ3) is 3.54. The van der Waals surface area contributed by atoms with Gasteiger partial charge in [-0.2, -0.15) is 0 Å². The summed E-state index contributed by atoms with van der Waals surface area (Å²) in [6, 6.07) is 7.70. The van der Waals surface area contributed by atoms with Crippen molar-refractivity contribution in [2.75, 3.05) is 0 Å². The van der Waals surface area contributed by atoms with Gasteiger partial charge in [0.05, 0.1) is 0 Å². The highest BCUT2D eigenvalue weighted by Crippen LogP contribution is 2.16. The summed E-state index contributed by atoms with van der Waals surface area (Å²) in [5.74, 6) is -3.06. The van der Waals surface area contributed by atoms with Crippen LogP contribution in [0.5, 0.6) is 0 Å². The minimum atomic E-state index is -1.38. The molecule has 0 N–H and O–H groups in total. The Balaban J connectivity index is 2.11. The standard InChI is InChI=1S/C17H16O4/c1-3-12-4-6-13(7-5-12)8-9-14(18)16-15(19)10-11(2)21-17(16)20/h4-10,16H,3H2,1-2H3. The zero-order valence-electron chi connectivity index (χ0n) is 12.0. The monoisotopic (exact) mass is 284 g/mol. The van der Waals surface area contributed by atoms with Gasteiger partial charge < -0.3 is 4.74 Å². The van der Waals surface area contributed by atoms with E-state index in [0.29, 0.717) is 0 Å². The molecule has 0 saturated heterocycles. The molecule has 0 aromatic heterocycles. The van der Waals surface area contributed by atoms with Crippen LogP contribution in [0.25, 0.3) is 6.08 Å². The summed E-state index contributed by atoms with van der Waals surface area (Å²) in [6.45, 7) is 3.56. The molecule has 0 spiro atoms. The zero-order chi connectivity index (χ0) is 15.4. The van der Waals surface area contributed by atoms with Crippen LogP contribution >= 0.6 is 0 Å². The molecule has 4 heteroatoms. The molecule has 1 aliphatic heterocycles. The summed E-state index contributed by atoms with van der Waals surface area (Å²) in [6.07, 6.45) is 4.96. The van der Waals surface area contributed by atoms with Gasteiger partial charge in [-0.05, 0) is 30.5 Å². The summed E-state index contributed by atoms with van der Waals surface area (Å²) in [5, 5.41) is 0. The quantitative estimate of drug-likeness (QED) is 0.484. The predicted molar refractivity (Wildman–Crippen MR) is 78.2 cm³/mol. The maximum Gasteiger partial charge on any atom is 0.329 e. The van der Waals surface area contributed by atoms with E-state index >= 15 is 0 Å². The lowest BCUT2D eigenvalue weighted by Gasteiger charge is -2.15. The topological polar surface area (TPSA) is 60.4 Å². The summed E-state index contributed by atoms with van der Waals surface area (Å²) < 4.78 is 4.82. The zero-order valence-corrected chi connectivity index (χ0v) is 12.0. The Labute approximate surface area is 123 Å². The van der Waals surface area contributed by atoms with Crippen molar-refractivity contribution in [3.8, 4) is 0 Å². The van der Waals surface area contributed by atoms with Crippen LogP contribution in [-0.4, -0.2) is 17.5 Å². The van der Waals surface area contributed by atoms with Gasteiger partial charge in [-0.15, -0.1) is 0 Å². The molecule has 0 saturated carbocycles. The first-order valence-electron chi connectivity index (χ1n) is 6.76. The van der Waals surface area contributed by atoms with Crippen LogP contribution in [0.2, 0.25) is 0 Å². The largest absolute Gasteiger partial charge is 0.430 e. The van der Waals surface area contributed by atoms with Gasteiger partial charge in [-0.1, -0.05) is 37.3 Å². The Morgan fingerprint density at radius 2 is 1.90 bits per heavy atom. The third-order valence-electron chi connectivity index (χ3n) is 3.24. The molecular weight excluding hydrogens is 268 g/mol. The van der Waals surface area contributed by atoms with Crippen LogP contribution in [0.15, 0.2) is 42.2 Å². The third-order valence-corrected chi connectivity index (χ3v) is 3.24. The molecule has 1 heterocycles. The molecule has 21 heavy (non-hydrogen) atoms. The number of benzene rings is 1. The van der Waals surface area contributed by atoms with Crippen molar-refractivity contribution < 1.29 is 19.1 Å². The average Bonchev–Trinajstić information content (AvgIpc) is 2.44. The van der Waals surface area contributed by atoms with Gasteiger partial charge in [-0.3, -0.25) is 14.4 Å². The number of carbonyl (C=O) groups is 3. The summed E-state index contributed by atoms with van der Waals surface area (Å²) in [7, 11) is 0. The second kappa shape index (κ2) is 6.31. The maximum atomic E-state index is 12.0. The molecule has 1 unspecified atom stereocenters. The molecule has 1 aromatic rings. The summed E-state index contributed by atoms with van der Waals surface area (Å²) in [5.41, 5.74) is 2.04. The molecule has 2 rings (SSSR count). The molecule has 1 aromatic carbocycles. The molecule has 4 nitrogen and oxygen atoms in total. The minimum Gasteiger partial charge on any atom is -0.430 e. The van der Waals surface area contributed by atoms with Crippen molar-refractivity contribution in [2.45, 2.75) is 20.3 Å². The number of allylic oxidation sites excluding steroid dienone is 3. The lowest BCUT2D eigenvalue weighted by Crippen LogP contribution is -2.34. The Bertz CT molecular complexity index is 635. The van der Waals surface area contributed by atoms with Crippen LogP contribution in [0.1, 0.15) is 25.0 Å². The van der Waals surface area contributed by atoms with Gasteiger partial charge >= 0.3 is 5.97 Å². The van der Waals surface area contributed by atoms with Crippen LogP contribution in [-0.2, 0) is 25.5 Å². The molecular formula is C17H16O4. The Morgan fingerprint density at radius 3 is 2.48 bits per heavy atom. The molecule has 0 amide bonds. The van der Waals surface area contributed by atoms with Crippen molar-refractivity contribution in [2.24, 2.45) is 5.92 Å². The Morgan fingerprint density at radius 1 is 1.24 bits per heavy atom. The van der Waals surface area contributed by atoms with Gasteiger partial charge in [0.25, 0.3) is 0 Å². The highest BCUT2D eigenvalue weighted by Gasteiger charge is 2.36. The maximum absolute atomic E-state index is 12.0. The summed E-state index contributed by atoms with van der Waals surface area (Å²) in [4.78, 5) is 35.3. The smallest absolute Gasteiger partial charge is 0.329 e. The van der Waals surface area contributed by atoms with E-state index in [1.165, 1.54) is 24.6 Å². The lowest BCUT2D eigenvalue weighted by molar-refractivity contribution is -0.151. The average molecular weight is 284 g/mol. The van der Waals surface area contributed by atoms with E-state index in [2.05, 4.69) is 6.92 Å². The first-order valence-corrected chi connectivity index (χ1v) is 6.76. The van der Waals surface area contributed by atoms with Crippen LogP contribution in [0, 0.1) is 5.92 Å². The number of aryl methyl sites for hydroxylation is 1. The van der Waals surface area contributed by atoms with E-state index in [0.717, 1.165) is 12.0 Å². The summed E-state index contributed by atoms with van der Waals surface area (Å²) >= 11 is 0. The van der Waals surface area contributed by atoms with E-state index in [4.69, 9.17) is 4.74 Å². The fourth-order valence-corrected chi connectivity index (χ4v) is 2.04. The second-order valence-electron chi connectivity index (χ2n) is 4.84. The van der Waals surface area contributed by atoms with E-state index < -0.39 is 23.5 Å². The van der Waals surface area contributed by atoms with E-state index in [-0.39, 0.29) is 5.76 Å². The number of ketones is 2. The highest BCUT2D eigenvalue weighted by atomic mass is 16.5. The van der Waals surface area contributed by atoms with Crippen molar-refractivity contribution in [3.63, 3.8) is 0 Å². The molecule has 108 valence electrons. The van der Waals surface area contributed by atoms with Gasteiger partial charge in [0.15, 0.2) is 17.5 Å². The van der Waals surface area contributed by atoms with Crippen molar-refractivity contribution in [1.29, 1.82) is 0 Å². The number of cyclic esters (lactones) is 1. The number of esters is 1. The van der Waals surface area contributed by atoms with E-state index in [1.54, 1.807) is 6.08 Å². The normalized spacial score (nSPS) is 18.6. The van der Waals surface area contributed by atoms with Crippen LogP contribution in [0.4, 0.5) is 0 Å². The lowest BCUT2D eigenvalue weighted by atomic mass is 9.96. The van der Waals surface area contributed by atoms with Crippen molar-refractivity contribution in [1.82, 2.24) is 0 Å². The predicted octanol–water partition coefficient (Wildman–Crippen LogP) is 2.48. The van der Waals surface area contributed by atoms with Gasteiger partial charge in [0.2, 0.25) is 0 Å². The van der Waals surface area contributed by atoms with E-state index in [1.807, 2.05) is 24.3 Å². The molecule has 0 fully saturated rings. The van der Waals surface area contributed by atoms with Gasteiger partial charge in [0, 0.05) is 6.08 Å². The SMILES string of the molecule is CCc1ccc(C=CC(=O)C2C(=O)C=C(C)OC2=O)cc1. The van der Waals surface area contributed by atoms with E-state index in [9.17, 15) is 14.4 Å². The highest BCUT2D eigenvalue weighted by molar-refractivity contribution is 6.25. The number of carbonyl (C=O) groups excluding carboxylic acids is 3. The molecule has 1 atom stereocenters. The van der Waals surface area contributed by atoms with Crippen LogP contribution < -0.4 is 0 Å². The van der Waals surface area contributed by atoms with Gasteiger partial charge in [-0.25, -0.2) is 0 Å². The number of hydrogen-bond acceptors (Lipinski definition) is 4. The van der Waals surface area contributed by atoms with Crippen molar-refractivity contribution in [3.05, 3.63) is 53.3 Å². The molecule has 0 bridgehead atoms. The van der Waals surface area contributed by atoms with Crippen LogP contribution in [0.3, 0.4) is 0 Å². The van der Waals surface area contributed by atoms with Crippen molar-refractivity contribution >= 4 is 23.6 Å². The second-order valence-corrected chi connectivity index (χ2v) is 4.84. The Hall–Kier alpha value is -2.49. The number of rotatable bonds is 4. The fraction of sp³-hybridized carbons (Fsp3) is 0.235. The first kappa shape index (κ1) is 14.9. The molecule has 0 aliphatic carbocycles. The Kier molecular flexibility index (Phi) is 4.48. The number of ether oxygens (including phenoxy) is 1. The number of hydrogen-bond donors (Lipinski definition) is 0. The first-order chi connectivity index (χ1) is 10.0. The molecule has 1 aliphatic rings. The molecule has 0 radical (unpaired) electrons.